The Kier molecular flexibility index (Phi) is 9.84. The van der Waals surface area contributed by atoms with E-state index < -0.39 is 27.4 Å². The van der Waals surface area contributed by atoms with Crippen molar-refractivity contribution in [1.29, 1.82) is 0 Å². The fourth-order valence-corrected chi connectivity index (χ4v) is 17.1. The summed E-state index contributed by atoms with van der Waals surface area (Å²) in [6.45, 7) is 27.3. The van der Waals surface area contributed by atoms with E-state index in [1.165, 1.54) is 11.6 Å². The standard InChI is InChI=1S/C30H48N4O2Si2/c1-19(2)37(20(3)4,21(5)6)17-15-25-26(16-18-38(22(7)8,23(9)10)24(11)12)32-28-27(31-25)29(35)34(14)30(36)33(28)13/h19-24H,1-14H3. The van der Waals surface area contributed by atoms with Gasteiger partial charge in [0.25, 0.3) is 5.56 Å². The van der Waals surface area contributed by atoms with Gasteiger partial charge >= 0.3 is 5.69 Å². The molecule has 0 unspecified atom stereocenters. The first-order chi connectivity index (χ1) is 17.5. The molecule has 2 aromatic rings. The van der Waals surface area contributed by atoms with Crippen LogP contribution in [-0.2, 0) is 14.1 Å². The monoisotopic (exact) mass is 552 g/mol. The summed E-state index contributed by atoms with van der Waals surface area (Å²) in [6.07, 6.45) is 0. The second-order valence-electron chi connectivity index (χ2n) is 12.6. The molecule has 0 aliphatic heterocycles. The van der Waals surface area contributed by atoms with Crippen LogP contribution in [0.5, 0.6) is 0 Å². The molecule has 2 heterocycles. The highest BCUT2D eigenvalue weighted by Crippen LogP contribution is 2.42. The average molecular weight is 553 g/mol. The first kappa shape index (κ1) is 31.8. The summed E-state index contributed by atoms with van der Waals surface area (Å²) in [5.41, 5.74) is 10.6. The molecule has 208 valence electrons. The van der Waals surface area contributed by atoms with E-state index in [0.29, 0.717) is 44.6 Å². The van der Waals surface area contributed by atoms with Crippen molar-refractivity contribution < 1.29 is 0 Å². The molecule has 0 aromatic carbocycles. The molecule has 0 amide bonds. The van der Waals surface area contributed by atoms with Crippen molar-refractivity contribution in [2.45, 2.75) is 116 Å². The number of aromatic nitrogens is 4. The highest BCUT2D eigenvalue weighted by Gasteiger charge is 2.43. The Morgan fingerprint density at radius 3 is 1.26 bits per heavy atom. The molecule has 6 nitrogen and oxygen atoms in total. The minimum atomic E-state index is -2.07. The van der Waals surface area contributed by atoms with Gasteiger partial charge in [0.15, 0.2) is 11.2 Å². The van der Waals surface area contributed by atoms with Gasteiger partial charge in [0.05, 0.1) is 0 Å². The average Bonchev–Trinajstić information content (AvgIpc) is 2.80. The molecule has 0 atom stereocenters. The quantitative estimate of drug-likeness (QED) is 0.318. The molecule has 0 aliphatic carbocycles. The van der Waals surface area contributed by atoms with Gasteiger partial charge in [-0.2, -0.15) is 0 Å². The van der Waals surface area contributed by atoms with Crippen molar-refractivity contribution in [3.63, 3.8) is 0 Å². The van der Waals surface area contributed by atoms with Crippen LogP contribution < -0.4 is 11.2 Å². The Labute approximate surface area is 231 Å². The van der Waals surface area contributed by atoms with Crippen molar-refractivity contribution in [1.82, 2.24) is 19.1 Å². The highest BCUT2D eigenvalue weighted by molar-refractivity contribution is 6.91. The summed E-state index contributed by atoms with van der Waals surface area (Å²) in [4.78, 5) is 35.3. The van der Waals surface area contributed by atoms with Gasteiger partial charge in [-0.1, -0.05) is 94.9 Å². The smallest absolute Gasteiger partial charge is 0.279 e. The molecule has 38 heavy (non-hydrogen) atoms. The van der Waals surface area contributed by atoms with E-state index in [-0.39, 0.29) is 11.2 Å². The van der Waals surface area contributed by atoms with Crippen LogP contribution in [0.15, 0.2) is 9.59 Å². The zero-order valence-corrected chi connectivity index (χ0v) is 28.1. The number of fused-ring (bicyclic) bond motifs is 1. The topological polar surface area (TPSA) is 69.8 Å². The third kappa shape index (κ3) is 5.35. The van der Waals surface area contributed by atoms with Crippen LogP contribution in [0.3, 0.4) is 0 Å². The van der Waals surface area contributed by atoms with Crippen LogP contribution in [0, 0.1) is 22.9 Å². The molecule has 0 saturated carbocycles. The van der Waals surface area contributed by atoms with Gasteiger partial charge in [0.1, 0.15) is 27.5 Å². The maximum absolute atomic E-state index is 13.1. The summed E-state index contributed by atoms with van der Waals surface area (Å²) < 4.78 is 2.45. The SMILES string of the molecule is CC(C)[Si](C#Cc1nc2c(=O)n(C)c(=O)n(C)c2nc1C#C[Si](C(C)C)(C(C)C)C(C)C)(C(C)C)C(C)C. The van der Waals surface area contributed by atoms with Gasteiger partial charge in [-0.3, -0.25) is 13.9 Å². The summed E-state index contributed by atoms with van der Waals surface area (Å²) >= 11 is 0. The van der Waals surface area contributed by atoms with E-state index >= 15 is 0 Å². The second kappa shape index (κ2) is 11.8. The Morgan fingerprint density at radius 2 is 0.921 bits per heavy atom. The lowest BCUT2D eigenvalue weighted by Crippen LogP contribution is -2.43. The molecule has 0 saturated heterocycles. The fourth-order valence-electron chi connectivity index (χ4n) is 6.74. The molecule has 2 aromatic heterocycles. The Bertz CT molecular complexity index is 1380. The van der Waals surface area contributed by atoms with E-state index in [4.69, 9.17) is 9.97 Å². The van der Waals surface area contributed by atoms with Crippen LogP contribution in [0.25, 0.3) is 11.2 Å². The van der Waals surface area contributed by atoms with Crippen molar-refractivity contribution in [3.05, 3.63) is 32.2 Å². The van der Waals surface area contributed by atoms with Crippen molar-refractivity contribution in [3.8, 4) is 22.9 Å². The Balaban J connectivity index is 3.08. The highest BCUT2D eigenvalue weighted by atomic mass is 28.3. The summed E-state index contributed by atoms with van der Waals surface area (Å²) in [5.74, 6) is 6.83. The normalized spacial score (nSPS) is 12.6. The van der Waals surface area contributed by atoms with Crippen LogP contribution in [-0.4, -0.2) is 35.2 Å². The molecule has 0 aliphatic rings. The maximum Gasteiger partial charge on any atom is 0.332 e. The third-order valence-electron chi connectivity index (χ3n) is 8.80. The van der Waals surface area contributed by atoms with Crippen molar-refractivity contribution in [2.75, 3.05) is 0 Å². The molecule has 8 heteroatoms. The summed E-state index contributed by atoms with van der Waals surface area (Å²) in [7, 11) is -1.05. The Morgan fingerprint density at radius 1 is 0.579 bits per heavy atom. The summed E-state index contributed by atoms with van der Waals surface area (Å²) in [5, 5.41) is 0. The van der Waals surface area contributed by atoms with E-state index in [0.717, 1.165) is 4.57 Å². The van der Waals surface area contributed by atoms with E-state index in [9.17, 15) is 9.59 Å². The largest absolute Gasteiger partial charge is 0.332 e. The maximum atomic E-state index is 13.1. The van der Waals surface area contributed by atoms with Crippen LogP contribution in [0.1, 0.15) is 94.5 Å². The molecule has 0 spiro atoms. The van der Waals surface area contributed by atoms with Crippen molar-refractivity contribution >= 4 is 27.3 Å². The predicted molar refractivity (Wildman–Crippen MR) is 166 cm³/mol. The lowest BCUT2D eigenvalue weighted by Gasteiger charge is -2.38. The lowest BCUT2D eigenvalue weighted by molar-refractivity contribution is 0.703. The number of hydrogen-bond donors (Lipinski definition) is 0. The predicted octanol–water partition coefficient (Wildman–Crippen LogP) is 6.17. The van der Waals surface area contributed by atoms with Gasteiger partial charge < -0.3 is 0 Å². The van der Waals surface area contributed by atoms with Crippen molar-refractivity contribution in [2.24, 2.45) is 14.1 Å². The minimum Gasteiger partial charge on any atom is -0.279 e. The molecule has 0 bridgehead atoms. The molecular weight excluding hydrogens is 505 g/mol. The van der Waals surface area contributed by atoms with E-state index in [2.05, 4.69) is 106 Å². The minimum absolute atomic E-state index is 0.149. The molecule has 0 N–H and O–H groups in total. The van der Waals surface area contributed by atoms with E-state index in [1.54, 1.807) is 7.05 Å². The first-order valence-electron chi connectivity index (χ1n) is 14.0. The number of nitrogens with zero attached hydrogens (tertiary/aromatic N) is 4. The molecule has 0 radical (unpaired) electrons. The molecule has 2 rings (SSSR count). The number of rotatable bonds is 6. The zero-order chi connectivity index (χ0) is 29.3. The summed E-state index contributed by atoms with van der Waals surface area (Å²) in [6, 6.07) is 0. The van der Waals surface area contributed by atoms with Crippen LogP contribution in [0.2, 0.25) is 33.2 Å². The van der Waals surface area contributed by atoms with E-state index in [1.807, 2.05) is 0 Å². The molecular formula is C30H48N4O2Si2. The zero-order valence-electron chi connectivity index (χ0n) is 26.1. The number of aryl methyl sites for hydroxylation is 1. The Hall–Kier alpha value is -2.43. The van der Waals surface area contributed by atoms with Gasteiger partial charge in [-0.25, -0.2) is 14.8 Å². The van der Waals surface area contributed by atoms with Crippen LogP contribution in [0.4, 0.5) is 0 Å². The van der Waals surface area contributed by atoms with Gasteiger partial charge in [-0.05, 0) is 33.2 Å². The molecule has 0 fully saturated rings. The van der Waals surface area contributed by atoms with Gasteiger partial charge in [-0.15, -0.1) is 11.1 Å². The van der Waals surface area contributed by atoms with Crippen LogP contribution >= 0.6 is 0 Å². The fraction of sp³-hybridized carbons (Fsp3) is 0.667. The third-order valence-corrected chi connectivity index (χ3v) is 21.4. The number of hydrogen-bond acceptors (Lipinski definition) is 4. The second-order valence-corrected chi connectivity index (χ2v) is 23.8. The van der Waals surface area contributed by atoms with Gasteiger partial charge in [0, 0.05) is 14.1 Å². The lowest BCUT2D eigenvalue weighted by atomic mass is 10.3. The van der Waals surface area contributed by atoms with Gasteiger partial charge in [0.2, 0.25) is 0 Å². The first-order valence-corrected chi connectivity index (χ1v) is 18.5.